The molecule has 0 amide bonds. The van der Waals surface area contributed by atoms with Gasteiger partial charge in [0, 0.05) is 15.6 Å². The fourth-order valence-corrected chi connectivity index (χ4v) is 16.0. The molecule has 0 atom stereocenters. The lowest BCUT2D eigenvalue weighted by atomic mass is 10.1. The second kappa shape index (κ2) is 9.03. The van der Waals surface area contributed by atoms with Gasteiger partial charge in [0.15, 0.2) is 0 Å². The van der Waals surface area contributed by atoms with E-state index in [9.17, 15) is 14.4 Å². The summed E-state index contributed by atoms with van der Waals surface area (Å²) in [5.74, 6) is 0. The van der Waals surface area contributed by atoms with Gasteiger partial charge < -0.3 is 26.7 Å². The molecule has 192 valence electrons. The Balaban J connectivity index is 1.41. The number of fused-ring (bicyclic) bond motifs is 3. The normalized spacial score (nSPS) is 25.3. The third-order valence-corrected chi connectivity index (χ3v) is 16.9. The lowest BCUT2D eigenvalue weighted by Crippen LogP contribution is -2.80. The van der Waals surface area contributed by atoms with Crippen LogP contribution in [0.1, 0.15) is 0 Å². The molecule has 6 aromatic carbocycles. The van der Waals surface area contributed by atoms with Crippen molar-refractivity contribution in [1.29, 1.82) is 0 Å². The van der Waals surface area contributed by atoms with Crippen LogP contribution in [0, 0.1) is 0 Å². The Morgan fingerprint density at radius 3 is 0.872 bits per heavy atom. The van der Waals surface area contributed by atoms with Crippen molar-refractivity contribution < 1.29 is 26.7 Å². The van der Waals surface area contributed by atoms with Gasteiger partial charge in [-0.3, -0.25) is 0 Å². The highest BCUT2D eigenvalue weighted by atomic mass is 28.5. The van der Waals surface area contributed by atoms with Crippen molar-refractivity contribution in [2.45, 2.75) is 0 Å². The molecule has 0 bridgehead atoms. The van der Waals surface area contributed by atoms with Gasteiger partial charge in [-0.05, 0) is 50.5 Å². The monoisotopic (exact) mass is 564 g/mol. The lowest BCUT2D eigenvalue weighted by molar-refractivity contribution is 0.0929. The molecular formula is C30H24O6Si3. The van der Waals surface area contributed by atoms with Crippen LogP contribution in [0.4, 0.5) is 0 Å². The highest BCUT2D eigenvalue weighted by molar-refractivity contribution is 6.99. The first-order chi connectivity index (χ1) is 18.8. The van der Waals surface area contributed by atoms with E-state index in [-0.39, 0.29) is 0 Å². The van der Waals surface area contributed by atoms with Crippen LogP contribution in [-0.4, -0.2) is 40.8 Å². The molecule has 9 heteroatoms. The summed E-state index contributed by atoms with van der Waals surface area (Å²) in [5, 5.41) is 6.71. The molecule has 1 saturated heterocycles. The van der Waals surface area contributed by atoms with Gasteiger partial charge in [0.2, 0.25) is 0 Å². The SMILES string of the molecule is O[Si]1(c2ccc3ccccc3c2)O[Si](O)(c2ccc3ccccc3c2)O[Si](O)(c2ccc3ccccc3c2)O1. The van der Waals surface area contributed by atoms with Crippen molar-refractivity contribution in [3.05, 3.63) is 127 Å². The summed E-state index contributed by atoms with van der Waals surface area (Å²) in [4.78, 5) is 36.3. The van der Waals surface area contributed by atoms with Crippen LogP contribution in [0.15, 0.2) is 127 Å². The number of hydrogen-bond donors (Lipinski definition) is 3. The van der Waals surface area contributed by atoms with Crippen molar-refractivity contribution in [3.8, 4) is 0 Å². The molecule has 0 saturated carbocycles. The number of benzene rings is 6. The minimum atomic E-state index is -4.40. The van der Waals surface area contributed by atoms with Crippen LogP contribution < -0.4 is 15.6 Å². The van der Waals surface area contributed by atoms with Gasteiger partial charge in [-0.15, -0.1) is 0 Å². The van der Waals surface area contributed by atoms with E-state index in [4.69, 9.17) is 12.3 Å². The standard InChI is InChI=1S/C30H24O6Si3/c31-37(28-16-13-22-7-1-4-10-25(22)19-28)34-38(32,29-17-14-23-8-2-5-11-26(23)20-29)36-39(33,35-37)30-18-15-24-9-3-6-12-27(24)21-30/h1-21,31-33H. The maximum absolute atomic E-state index is 12.1. The van der Waals surface area contributed by atoms with Gasteiger partial charge in [0.1, 0.15) is 0 Å². The molecule has 1 aliphatic rings. The fourth-order valence-electron chi connectivity index (χ4n) is 5.14. The molecule has 6 aromatic rings. The average molecular weight is 565 g/mol. The topological polar surface area (TPSA) is 88.4 Å². The molecule has 0 radical (unpaired) electrons. The number of rotatable bonds is 3. The summed E-state index contributed by atoms with van der Waals surface area (Å²) in [6.45, 7) is 0. The zero-order valence-corrected chi connectivity index (χ0v) is 23.7. The van der Waals surface area contributed by atoms with Gasteiger partial charge in [0.25, 0.3) is 0 Å². The third-order valence-electron chi connectivity index (χ3n) is 7.17. The first-order valence-electron chi connectivity index (χ1n) is 12.6. The van der Waals surface area contributed by atoms with E-state index in [0.717, 1.165) is 32.3 Å². The molecule has 0 aromatic heterocycles. The van der Waals surface area contributed by atoms with E-state index in [1.54, 1.807) is 36.4 Å². The second-order valence-electron chi connectivity index (χ2n) is 9.74. The highest BCUT2D eigenvalue weighted by Crippen LogP contribution is 2.29. The Morgan fingerprint density at radius 1 is 0.333 bits per heavy atom. The van der Waals surface area contributed by atoms with Gasteiger partial charge in [-0.2, -0.15) is 0 Å². The molecule has 3 N–H and O–H groups in total. The molecule has 0 aliphatic carbocycles. The Labute approximate surface area is 228 Å². The van der Waals surface area contributed by atoms with Crippen LogP contribution >= 0.6 is 0 Å². The van der Waals surface area contributed by atoms with E-state index in [2.05, 4.69) is 0 Å². The quantitative estimate of drug-likeness (QED) is 0.287. The molecule has 39 heavy (non-hydrogen) atoms. The molecular weight excluding hydrogens is 541 g/mol. The second-order valence-corrected chi connectivity index (χ2v) is 17.4. The fraction of sp³-hybridized carbons (Fsp3) is 0. The molecule has 1 heterocycles. The summed E-state index contributed by atoms with van der Waals surface area (Å²) < 4.78 is 18.5. The van der Waals surface area contributed by atoms with E-state index in [0.29, 0.717) is 15.6 Å². The van der Waals surface area contributed by atoms with E-state index >= 15 is 0 Å². The molecule has 7 rings (SSSR count). The van der Waals surface area contributed by atoms with Crippen molar-refractivity contribution in [3.63, 3.8) is 0 Å². The summed E-state index contributed by atoms with van der Waals surface area (Å²) >= 11 is 0. The Morgan fingerprint density at radius 2 is 0.590 bits per heavy atom. The van der Waals surface area contributed by atoms with Crippen molar-refractivity contribution in [2.24, 2.45) is 0 Å². The number of hydrogen-bond acceptors (Lipinski definition) is 6. The van der Waals surface area contributed by atoms with Gasteiger partial charge >= 0.3 is 26.4 Å². The van der Waals surface area contributed by atoms with Crippen LogP contribution in [0.2, 0.25) is 0 Å². The maximum atomic E-state index is 12.1. The predicted molar refractivity (Wildman–Crippen MR) is 158 cm³/mol. The summed E-state index contributed by atoms with van der Waals surface area (Å²) in [6, 6.07) is 39.4. The molecule has 1 aliphatic heterocycles. The largest absolute Gasteiger partial charge is 0.520 e. The molecule has 0 unspecified atom stereocenters. The van der Waals surface area contributed by atoms with Crippen molar-refractivity contribution in [1.82, 2.24) is 0 Å². The Kier molecular flexibility index (Phi) is 5.68. The molecule has 1 fully saturated rings. The zero-order chi connectivity index (χ0) is 26.7. The van der Waals surface area contributed by atoms with Crippen LogP contribution in [0.3, 0.4) is 0 Å². The van der Waals surface area contributed by atoms with Gasteiger partial charge in [-0.1, -0.05) is 109 Å². The minimum Gasteiger partial charge on any atom is -0.387 e. The van der Waals surface area contributed by atoms with Crippen LogP contribution in [0.5, 0.6) is 0 Å². The average Bonchev–Trinajstić information content (AvgIpc) is 2.96. The van der Waals surface area contributed by atoms with Gasteiger partial charge in [0.05, 0.1) is 0 Å². The van der Waals surface area contributed by atoms with Crippen molar-refractivity contribution in [2.75, 3.05) is 0 Å². The van der Waals surface area contributed by atoms with Crippen LogP contribution in [-0.2, 0) is 12.3 Å². The minimum absolute atomic E-state index is 0.378. The van der Waals surface area contributed by atoms with E-state index < -0.39 is 26.4 Å². The molecule has 0 spiro atoms. The summed E-state index contributed by atoms with van der Waals surface area (Å²) in [5.41, 5.74) is 0. The Hall–Kier alpha value is -3.49. The first kappa shape index (κ1) is 24.5. The summed E-state index contributed by atoms with van der Waals surface area (Å²) in [6.07, 6.45) is 0. The molecule has 6 nitrogen and oxygen atoms in total. The predicted octanol–water partition coefficient (Wildman–Crippen LogP) is 3.02. The van der Waals surface area contributed by atoms with Crippen molar-refractivity contribution >= 4 is 74.3 Å². The first-order valence-corrected chi connectivity index (χ1v) is 17.9. The zero-order valence-electron chi connectivity index (χ0n) is 20.7. The van der Waals surface area contributed by atoms with E-state index in [1.165, 1.54) is 0 Å². The van der Waals surface area contributed by atoms with Crippen LogP contribution in [0.25, 0.3) is 32.3 Å². The lowest BCUT2D eigenvalue weighted by Gasteiger charge is -2.44. The third kappa shape index (κ3) is 4.26. The highest BCUT2D eigenvalue weighted by Gasteiger charge is 2.67. The Bertz CT molecular complexity index is 1650. The summed E-state index contributed by atoms with van der Waals surface area (Å²) in [7, 11) is -13.2. The smallest absolute Gasteiger partial charge is 0.387 e. The maximum Gasteiger partial charge on any atom is 0.520 e. The van der Waals surface area contributed by atoms with E-state index in [1.807, 2.05) is 91.0 Å². The van der Waals surface area contributed by atoms with Gasteiger partial charge in [-0.25, -0.2) is 0 Å².